The summed E-state index contributed by atoms with van der Waals surface area (Å²) in [6, 6.07) is -1.04. The molecule has 1 saturated heterocycles. The maximum Gasteiger partial charge on any atom is 0.306 e. The van der Waals surface area contributed by atoms with Gasteiger partial charge in [0.1, 0.15) is 24.4 Å². The van der Waals surface area contributed by atoms with Crippen molar-refractivity contribution in [1.82, 2.24) is 5.32 Å². The third-order valence-corrected chi connectivity index (χ3v) is 13.7. The Morgan fingerprint density at radius 1 is 0.526 bits per heavy atom. The van der Waals surface area contributed by atoms with Gasteiger partial charge in [-0.3, -0.25) is 9.59 Å². The van der Waals surface area contributed by atoms with Crippen molar-refractivity contribution in [3.05, 3.63) is 122 Å². The number of allylic oxidation sites excluding steroid dienone is 19. The number of nitrogens with one attached hydrogen (secondary N) is 1. The van der Waals surface area contributed by atoms with Gasteiger partial charge in [-0.05, 0) is 96.3 Å². The van der Waals surface area contributed by atoms with E-state index in [-0.39, 0.29) is 19.4 Å². The maximum absolute atomic E-state index is 13.4. The van der Waals surface area contributed by atoms with E-state index in [0.717, 1.165) is 135 Å². The second-order valence-electron chi connectivity index (χ2n) is 20.7. The number of amides is 1. The smallest absolute Gasteiger partial charge is 0.306 e. The van der Waals surface area contributed by atoms with E-state index in [1.807, 2.05) is 30.4 Å². The van der Waals surface area contributed by atoms with Crippen molar-refractivity contribution in [1.29, 1.82) is 0 Å². The first kappa shape index (κ1) is 72.1. The van der Waals surface area contributed by atoms with Gasteiger partial charge in [0.05, 0.1) is 25.4 Å². The van der Waals surface area contributed by atoms with Crippen molar-refractivity contribution in [3.63, 3.8) is 0 Å². The van der Waals surface area contributed by atoms with E-state index in [4.69, 9.17) is 14.2 Å². The first-order valence-corrected chi connectivity index (χ1v) is 30.8. The molecule has 8 unspecified atom stereocenters. The number of ether oxygens (including phenoxy) is 3. The highest BCUT2D eigenvalue weighted by atomic mass is 16.7. The first-order chi connectivity index (χ1) is 38.2. The van der Waals surface area contributed by atoms with Crippen LogP contribution >= 0.6 is 0 Å². The summed E-state index contributed by atoms with van der Waals surface area (Å²) < 4.78 is 17.6. The molecule has 0 spiro atoms. The molecule has 78 heavy (non-hydrogen) atoms. The molecule has 0 aliphatic carbocycles. The molecule has 1 amide bonds. The summed E-state index contributed by atoms with van der Waals surface area (Å²) in [7, 11) is 0. The third-order valence-electron chi connectivity index (χ3n) is 13.7. The van der Waals surface area contributed by atoms with Crippen LogP contribution in [0.15, 0.2) is 122 Å². The molecular weight excluding hydrogens is 979 g/mol. The molecule has 0 saturated carbocycles. The van der Waals surface area contributed by atoms with E-state index >= 15 is 0 Å². The molecule has 1 aliphatic rings. The van der Waals surface area contributed by atoms with E-state index in [1.165, 1.54) is 44.9 Å². The van der Waals surface area contributed by atoms with Gasteiger partial charge in [-0.25, -0.2) is 0 Å². The number of hydrogen-bond acceptors (Lipinski definition) is 10. The van der Waals surface area contributed by atoms with Crippen LogP contribution in [-0.2, 0) is 23.8 Å². The predicted molar refractivity (Wildman–Crippen MR) is 324 cm³/mol. The number of esters is 1. The van der Waals surface area contributed by atoms with Gasteiger partial charge in [-0.2, -0.15) is 0 Å². The number of rotatable bonds is 50. The van der Waals surface area contributed by atoms with E-state index < -0.39 is 67.4 Å². The second kappa shape index (κ2) is 53.7. The lowest BCUT2D eigenvalue weighted by atomic mass is 9.99. The molecule has 0 bridgehead atoms. The third kappa shape index (κ3) is 41.1. The molecule has 11 heteroatoms. The lowest BCUT2D eigenvalue weighted by molar-refractivity contribution is -0.305. The zero-order valence-electron chi connectivity index (χ0n) is 49.0. The van der Waals surface area contributed by atoms with Crippen LogP contribution in [0, 0.1) is 0 Å². The Hall–Kier alpha value is -3.94. The first-order valence-electron chi connectivity index (χ1n) is 30.8. The van der Waals surface area contributed by atoms with Gasteiger partial charge in [0.25, 0.3) is 0 Å². The molecule has 1 heterocycles. The van der Waals surface area contributed by atoms with E-state index in [1.54, 1.807) is 6.08 Å². The normalized spacial score (nSPS) is 19.8. The van der Waals surface area contributed by atoms with Gasteiger partial charge in [0.15, 0.2) is 12.4 Å². The van der Waals surface area contributed by atoms with Crippen LogP contribution in [0.5, 0.6) is 0 Å². The standard InChI is InChI=1S/C67H111NO10/c1-4-7-10-13-16-19-22-25-26-27-28-29-30-31-32-33-34-35-36-37-40-43-46-49-52-55-62(72)78-65-64(74)63(73)61(56-69)77-67(65)76-57-58(59(70)53-50-47-44-41-38-23-20-17-14-11-8-5-2)68-66(75)60(71)54-51-48-45-42-39-24-21-18-15-12-9-6-3/h7,9-10,12,15-16,18-19,21,24-26,28-29,31-32,34-35,50,53,58-61,63-65,67,69-71,73-74H,4-6,8,11,13-14,17,20,22-23,27,30,33,36-49,51-52,54-57H2,1-3H3,(H,68,75)/b10-7-,12-9+,18-15+,19-16-,24-21-,26-25-,29-28-,32-31-,35-34-,53-50+. The number of aliphatic hydroxyl groups is 5. The summed E-state index contributed by atoms with van der Waals surface area (Å²) in [6.07, 6.45) is 63.8. The number of aliphatic hydroxyl groups excluding tert-OH is 5. The van der Waals surface area contributed by atoms with E-state index in [9.17, 15) is 35.1 Å². The molecule has 1 fully saturated rings. The summed E-state index contributed by atoms with van der Waals surface area (Å²) in [6.45, 7) is 5.49. The molecule has 0 aromatic carbocycles. The number of hydrogen-bond donors (Lipinski definition) is 6. The number of carbonyl (C=O) groups is 2. The van der Waals surface area contributed by atoms with Crippen molar-refractivity contribution in [2.75, 3.05) is 13.2 Å². The molecule has 0 aromatic heterocycles. The Kier molecular flexibility index (Phi) is 49.6. The Balaban J connectivity index is 2.65. The molecule has 11 nitrogen and oxygen atoms in total. The largest absolute Gasteiger partial charge is 0.454 e. The highest BCUT2D eigenvalue weighted by Gasteiger charge is 2.47. The molecule has 444 valence electrons. The SMILES string of the molecule is CC/C=C\C/C=C\C/C=C\C/C=C\C/C=C\C/C=C\CCCCCCCCC(=O)OC1C(OCC(NC(=O)C(O)CCCCCC\C=C/C=C/C=C/CC)C(O)/C=C/CCCCCCCCCCCC)OC(CO)C(O)C1O. The Morgan fingerprint density at radius 2 is 0.987 bits per heavy atom. The molecule has 0 radical (unpaired) electrons. The van der Waals surface area contributed by atoms with Crippen LogP contribution in [0.3, 0.4) is 0 Å². The monoisotopic (exact) mass is 1090 g/mol. The lowest BCUT2D eigenvalue weighted by Gasteiger charge is -2.41. The fourth-order valence-electron chi connectivity index (χ4n) is 8.83. The molecular formula is C67H111NO10. The Labute approximate surface area is 474 Å². The van der Waals surface area contributed by atoms with Gasteiger partial charge in [-0.15, -0.1) is 0 Å². The van der Waals surface area contributed by atoms with Gasteiger partial charge in [0.2, 0.25) is 5.91 Å². The fourth-order valence-corrected chi connectivity index (χ4v) is 8.83. The summed E-state index contributed by atoms with van der Waals surface area (Å²) in [4.78, 5) is 26.5. The second-order valence-corrected chi connectivity index (χ2v) is 20.7. The molecule has 0 aromatic rings. The summed E-state index contributed by atoms with van der Waals surface area (Å²) in [5.74, 6) is -1.24. The lowest BCUT2D eigenvalue weighted by Crippen LogP contribution is -2.61. The van der Waals surface area contributed by atoms with Crippen molar-refractivity contribution in [3.8, 4) is 0 Å². The van der Waals surface area contributed by atoms with Crippen LogP contribution < -0.4 is 5.32 Å². The minimum Gasteiger partial charge on any atom is -0.454 e. The minimum absolute atomic E-state index is 0.0962. The van der Waals surface area contributed by atoms with Gasteiger partial charge in [-0.1, -0.05) is 245 Å². The van der Waals surface area contributed by atoms with E-state index in [2.05, 4.69) is 111 Å². The van der Waals surface area contributed by atoms with Crippen molar-refractivity contribution >= 4 is 11.9 Å². The van der Waals surface area contributed by atoms with Crippen LogP contribution in [0.25, 0.3) is 0 Å². The summed E-state index contributed by atoms with van der Waals surface area (Å²) >= 11 is 0. The average molecular weight is 1090 g/mol. The van der Waals surface area contributed by atoms with Gasteiger partial charge in [0, 0.05) is 6.42 Å². The number of unbranched alkanes of at least 4 members (excludes halogenated alkanes) is 20. The highest BCUT2D eigenvalue weighted by Crippen LogP contribution is 2.26. The average Bonchev–Trinajstić information content (AvgIpc) is 3.44. The van der Waals surface area contributed by atoms with Crippen molar-refractivity contribution < 1.29 is 49.3 Å². The Morgan fingerprint density at radius 3 is 1.53 bits per heavy atom. The molecule has 1 rings (SSSR count). The topological polar surface area (TPSA) is 175 Å². The zero-order valence-corrected chi connectivity index (χ0v) is 49.0. The van der Waals surface area contributed by atoms with Crippen LogP contribution in [0.1, 0.15) is 226 Å². The molecule has 1 aliphatic heterocycles. The quantitative estimate of drug-likeness (QED) is 0.0149. The van der Waals surface area contributed by atoms with E-state index in [0.29, 0.717) is 12.8 Å². The maximum atomic E-state index is 13.4. The number of carbonyl (C=O) groups excluding carboxylic acids is 2. The van der Waals surface area contributed by atoms with Crippen LogP contribution in [0.4, 0.5) is 0 Å². The summed E-state index contributed by atoms with van der Waals surface area (Å²) in [5.41, 5.74) is 0. The van der Waals surface area contributed by atoms with Crippen molar-refractivity contribution in [2.45, 2.75) is 275 Å². The summed E-state index contributed by atoms with van der Waals surface area (Å²) in [5, 5.41) is 56.9. The Bertz CT molecular complexity index is 1730. The molecule has 8 atom stereocenters. The van der Waals surface area contributed by atoms with Crippen LogP contribution in [-0.4, -0.2) is 99.6 Å². The zero-order chi connectivity index (χ0) is 56.8. The molecule has 6 N–H and O–H groups in total. The van der Waals surface area contributed by atoms with Gasteiger partial charge < -0.3 is 45.1 Å². The highest BCUT2D eigenvalue weighted by molar-refractivity contribution is 5.80. The fraction of sp³-hybridized carbons (Fsp3) is 0.672. The predicted octanol–water partition coefficient (Wildman–Crippen LogP) is 14.7. The van der Waals surface area contributed by atoms with Crippen molar-refractivity contribution in [2.24, 2.45) is 0 Å². The van der Waals surface area contributed by atoms with Gasteiger partial charge >= 0.3 is 5.97 Å². The van der Waals surface area contributed by atoms with Crippen LogP contribution in [0.2, 0.25) is 0 Å². The minimum atomic E-state index is -1.63.